The van der Waals surface area contributed by atoms with Gasteiger partial charge >= 0.3 is 88.7 Å². The summed E-state index contributed by atoms with van der Waals surface area (Å²) in [6.45, 7) is 0. The van der Waals surface area contributed by atoms with Gasteiger partial charge in [-0.2, -0.15) is 25.3 Å². The largest absolute Gasteiger partial charge is 1.00 e. The molecule has 0 saturated heterocycles. The zero-order valence-corrected chi connectivity index (χ0v) is 33.3. The van der Waals surface area contributed by atoms with Crippen LogP contribution in [0.5, 0.6) is 5.75 Å². The number of anilines is 1. The van der Waals surface area contributed by atoms with Crippen LogP contribution in [-0.4, -0.2) is 49.9 Å². The third kappa shape index (κ3) is 9.07. The van der Waals surface area contributed by atoms with Gasteiger partial charge in [0.1, 0.15) is 21.2 Å². The molecular formula is C27H19N3Na3O11S3+3. The van der Waals surface area contributed by atoms with Crippen LogP contribution < -0.4 is 94.0 Å². The van der Waals surface area contributed by atoms with Crippen LogP contribution in [0.3, 0.4) is 0 Å². The second-order valence-corrected chi connectivity index (χ2v) is 13.4. The normalized spacial score (nSPS) is 11.8. The second kappa shape index (κ2) is 15.8. The fourth-order valence-corrected chi connectivity index (χ4v) is 6.51. The molecule has 0 atom stereocenters. The molecule has 0 aliphatic carbocycles. The van der Waals surface area contributed by atoms with Crippen LogP contribution >= 0.6 is 0 Å². The maximum Gasteiger partial charge on any atom is 1.00 e. The van der Waals surface area contributed by atoms with Crippen LogP contribution in [0, 0.1) is 0 Å². The predicted octanol–water partition coefficient (Wildman–Crippen LogP) is -3.88. The Kier molecular flexibility index (Phi) is 13.9. The maximum atomic E-state index is 12.9. The summed E-state index contributed by atoms with van der Waals surface area (Å²) in [4.78, 5) is 10.4. The monoisotopic (exact) mass is 726 g/mol. The van der Waals surface area contributed by atoms with Crippen molar-refractivity contribution < 1.29 is 137 Å². The van der Waals surface area contributed by atoms with Gasteiger partial charge in [0.25, 0.3) is 36.3 Å². The molecule has 5 N–H and O–H groups in total. The molecule has 5 aromatic rings. The van der Waals surface area contributed by atoms with E-state index in [0.717, 1.165) is 18.2 Å². The van der Waals surface area contributed by atoms with E-state index in [9.17, 15) is 48.8 Å². The Morgan fingerprint density at radius 3 is 1.87 bits per heavy atom. The fourth-order valence-electron chi connectivity index (χ4n) is 4.47. The van der Waals surface area contributed by atoms with E-state index in [1.54, 1.807) is 30.3 Å². The van der Waals surface area contributed by atoms with E-state index in [0.29, 0.717) is 11.5 Å². The number of phenolic OH excluding ortho intramolecular Hbond substituents is 1. The summed E-state index contributed by atoms with van der Waals surface area (Å²) in [5.41, 5.74) is -1.69. The molecule has 0 heterocycles. The predicted molar refractivity (Wildman–Crippen MR) is 158 cm³/mol. The second-order valence-electron chi connectivity index (χ2n) is 9.22. The maximum absolute atomic E-state index is 12.9. The van der Waals surface area contributed by atoms with E-state index in [2.05, 4.69) is 15.5 Å². The Morgan fingerprint density at radius 1 is 0.660 bits per heavy atom. The molecule has 1 amide bonds. The van der Waals surface area contributed by atoms with Gasteiger partial charge in [0.15, 0.2) is 5.75 Å². The van der Waals surface area contributed by atoms with E-state index in [-0.39, 0.29) is 110 Å². The van der Waals surface area contributed by atoms with Crippen LogP contribution in [0.4, 0.5) is 17.1 Å². The average Bonchev–Trinajstić information content (AvgIpc) is 2.94. The number of hydrogen-bond acceptors (Lipinski definition) is 10. The molecule has 0 aliphatic heterocycles. The molecule has 0 spiro atoms. The van der Waals surface area contributed by atoms with E-state index < -0.39 is 73.8 Å². The summed E-state index contributed by atoms with van der Waals surface area (Å²) in [5, 5.41) is 20.8. The average molecular weight is 727 g/mol. The van der Waals surface area contributed by atoms with Gasteiger partial charge in [-0.3, -0.25) is 18.5 Å². The van der Waals surface area contributed by atoms with Gasteiger partial charge in [0, 0.05) is 16.3 Å². The number of carbonyl (C=O) groups is 1. The van der Waals surface area contributed by atoms with Crippen molar-refractivity contribution in [3.05, 3.63) is 90.5 Å². The molecule has 0 bridgehead atoms. The molecule has 0 radical (unpaired) electrons. The van der Waals surface area contributed by atoms with Crippen molar-refractivity contribution in [1.82, 2.24) is 0 Å². The third-order valence-corrected chi connectivity index (χ3v) is 9.00. The van der Waals surface area contributed by atoms with Crippen molar-refractivity contribution >= 4 is 74.9 Å². The molecule has 5 aromatic carbocycles. The molecular weight excluding hydrogens is 707 g/mol. The standard InChI is InChI=1S/C27H19N3O11S3.3Na/c31-25-23-17(12-18(42(33,34)35)14-21(23)28-27(32)16-7-2-1-3-8-16)13-22(43(36,37)38)24(25)30-29-20-11-10-15-6-4-5-9-19(15)26(20)44(39,40)41;;;/h1-14,31H,(H,28,32)(H,33,34,35)(H,36,37,38)(H,39,40,41);;;/q;3*+1. The summed E-state index contributed by atoms with van der Waals surface area (Å²) >= 11 is 0. The molecule has 47 heavy (non-hydrogen) atoms. The van der Waals surface area contributed by atoms with Crippen LogP contribution in [-0.2, 0) is 30.4 Å². The molecule has 0 unspecified atom stereocenters. The Labute approximate surface area is 334 Å². The number of rotatable bonds is 7. The number of azo groups is 1. The quantitative estimate of drug-likeness (QED) is 0.0618. The Morgan fingerprint density at radius 2 is 1.28 bits per heavy atom. The molecule has 0 aliphatic rings. The van der Waals surface area contributed by atoms with E-state index in [4.69, 9.17) is 0 Å². The fraction of sp³-hybridized carbons (Fsp3) is 0. The van der Waals surface area contributed by atoms with Gasteiger partial charge in [-0.15, -0.1) is 10.2 Å². The van der Waals surface area contributed by atoms with Crippen molar-refractivity contribution in [2.45, 2.75) is 14.7 Å². The zero-order chi connectivity index (χ0) is 32.0. The molecule has 5 rings (SSSR count). The van der Waals surface area contributed by atoms with Gasteiger partial charge < -0.3 is 10.4 Å². The first-order valence-electron chi connectivity index (χ1n) is 12.1. The minimum atomic E-state index is -5.23. The first-order valence-corrected chi connectivity index (χ1v) is 16.4. The SMILES string of the molecule is O=C(Nc1cc(S(=O)(=O)O)cc2cc(S(=O)(=O)O)c(N=Nc3ccc4ccccc4c3S(=O)(=O)O)c(O)c12)c1ccccc1.[Na+].[Na+].[Na+]. The Balaban J connectivity index is 0.00000256. The van der Waals surface area contributed by atoms with Crippen molar-refractivity contribution in [1.29, 1.82) is 0 Å². The van der Waals surface area contributed by atoms with E-state index >= 15 is 0 Å². The van der Waals surface area contributed by atoms with Crippen LogP contribution in [0.1, 0.15) is 10.4 Å². The van der Waals surface area contributed by atoms with Gasteiger partial charge in [-0.1, -0.05) is 48.5 Å². The van der Waals surface area contributed by atoms with E-state index in [1.165, 1.54) is 30.3 Å². The topological polar surface area (TPSA) is 237 Å². The van der Waals surface area contributed by atoms with Crippen molar-refractivity contribution in [2.24, 2.45) is 10.2 Å². The van der Waals surface area contributed by atoms with Gasteiger partial charge in [-0.25, -0.2) is 0 Å². The number of carbonyl (C=O) groups excluding carboxylic acids is 1. The minimum Gasteiger partial charge on any atom is -0.505 e. The number of fused-ring (bicyclic) bond motifs is 2. The summed E-state index contributed by atoms with van der Waals surface area (Å²) in [6.07, 6.45) is 0. The molecule has 0 aromatic heterocycles. The molecule has 226 valence electrons. The first-order chi connectivity index (χ1) is 20.6. The zero-order valence-electron chi connectivity index (χ0n) is 24.8. The molecule has 14 nitrogen and oxygen atoms in total. The van der Waals surface area contributed by atoms with Gasteiger partial charge in [0.05, 0.1) is 10.6 Å². The third-order valence-electron chi connectivity index (χ3n) is 6.36. The summed E-state index contributed by atoms with van der Waals surface area (Å²) in [5.74, 6) is -1.81. The number of hydrogen-bond donors (Lipinski definition) is 5. The summed E-state index contributed by atoms with van der Waals surface area (Å²) in [7, 11) is -15.1. The van der Waals surface area contributed by atoms with Crippen molar-refractivity contribution in [3.8, 4) is 5.75 Å². The Hall–Kier alpha value is -1.78. The van der Waals surface area contributed by atoms with Crippen LogP contribution in [0.2, 0.25) is 0 Å². The number of phenols is 1. The van der Waals surface area contributed by atoms with Gasteiger partial charge in [0.2, 0.25) is 0 Å². The number of benzene rings is 5. The Bertz CT molecular complexity index is 2380. The number of aromatic hydroxyl groups is 1. The first kappa shape index (κ1) is 41.4. The van der Waals surface area contributed by atoms with E-state index in [1.807, 2.05) is 0 Å². The minimum absolute atomic E-state index is 0. The van der Waals surface area contributed by atoms with Crippen LogP contribution in [0.25, 0.3) is 21.5 Å². The number of nitrogens with zero attached hydrogens (tertiary/aromatic N) is 2. The number of nitrogens with one attached hydrogen (secondary N) is 1. The molecule has 20 heteroatoms. The smallest absolute Gasteiger partial charge is 0.505 e. The summed E-state index contributed by atoms with van der Waals surface area (Å²) in [6, 6.07) is 18.5. The van der Waals surface area contributed by atoms with Crippen molar-refractivity contribution in [2.75, 3.05) is 5.32 Å². The molecule has 0 fully saturated rings. The van der Waals surface area contributed by atoms with Crippen LogP contribution in [0.15, 0.2) is 110 Å². The van der Waals surface area contributed by atoms with Crippen molar-refractivity contribution in [3.63, 3.8) is 0 Å². The number of amides is 1. The van der Waals surface area contributed by atoms with Gasteiger partial charge in [-0.05, 0) is 47.2 Å². The summed E-state index contributed by atoms with van der Waals surface area (Å²) < 4.78 is 103. The molecule has 0 saturated carbocycles.